The molecule has 2 aromatic carbocycles. The van der Waals surface area contributed by atoms with Crippen LogP contribution < -0.4 is 15.5 Å². The molecule has 0 unspecified atom stereocenters. The zero-order chi connectivity index (χ0) is 18.7. The predicted molar refractivity (Wildman–Crippen MR) is 98.2 cm³/mol. The molecular formula is C20H21N3O3. The van der Waals surface area contributed by atoms with E-state index in [0.29, 0.717) is 5.56 Å². The molecule has 26 heavy (non-hydrogen) atoms. The number of hydrogen-bond donors (Lipinski definition) is 2. The van der Waals surface area contributed by atoms with Gasteiger partial charge in [0.2, 0.25) is 0 Å². The van der Waals surface area contributed by atoms with Crippen molar-refractivity contribution in [3.63, 3.8) is 0 Å². The zero-order valence-corrected chi connectivity index (χ0v) is 14.7. The third-order valence-electron chi connectivity index (χ3n) is 4.29. The van der Waals surface area contributed by atoms with Gasteiger partial charge in [-0.3, -0.25) is 14.4 Å². The molecule has 1 atom stereocenters. The first-order valence-electron chi connectivity index (χ1n) is 8.53. The Morgan fingerprint density at radius 3 is 2.35 bits per heavy atom. The monoisotopic (exact) mass is 351 g/mol. The van der Waals surface area contributed by atoms with Gasteiger partial charge in [0.15, 0.2) is 0 Å². The predicted octanol–water partition coefficient (Wildman–Crippen LogP) is 1.92. The highest BCUT2D eigenvalue weighted by Crippen LogP contribution is 2.36. The summed E-state index contributed by atoms with van der Waals surface area (Å²) in [6.07, 6.45) is 0. The van der Waals surface area contributed by atoms with Crippen molar-refractivity contribution in [2.75, 3.05) is 4.90 Å². The summed E-state index contributed by atoms with van der Waals surface area (Å²) < 4.78 is 0. The lowest BCUT2D eigenvalue weighted by atomic mass is 10.1. The number of fused-ring (bicyclic) bond motifs is 1. The molecule has 3 rings (SSSR count). The van der Waals surface area contributed by atoms with E-state index < -0.39 is 17.9 Å². The van der Waals surface area contributed by atoms with E-state index >= 15 is 0 Å². The van der Waals surface area contributed by atoms with Crippen LogP contribution in [0.25, 0.3) is 0 Å². The van der Waals surface area contributed by atoms with Crippen molar-refractivity contribution >= 4 is 23.4 Å². The Morgan fingerprint density at radius 2 is 1.65 bits per heavy atom. The maximum atomic E-state index is 12.7. The minimum atomic E-state index is -0.844. The van der Waals surface area contributed by atoms with Crippen LogP contribution >= 0.6 is 0 Å². The van der Waals surface area contributed by atoms with E-state index in [9.17, 15) is 14.4 Å². The molecule has 0 saturated heterocycles. The summed E-state index contributed by atoms with van der Waals surface area (Å²) in [5.41, 5.74) is 2.36. The molecule has 1 heterocycles. The van der Waals surface area contributed by atoms with E-state index in [2.05, 4.69) is 10.6 Å². The second-order valence-electron chi connectivity index (χ2n) is 6.44. The van der Waals surface area contributed by atoms with Crippen molar-refractivity contribution in [2.24, 2.45) is 0 Å². The van der Waals surface area contributed by atoms with E-state index in [-0.39, 0.29) is 18.5 Å². The van der Waals surface area contributed by atoms with Crippen LogP contribution in [0.2, 0.25) is 0 Å². The minimum Gasteiger partial charge on any atom is -0.344 e. The fourth-order valence-corrected chi connectivity index (χ4v) is 3.07. The van der Waals surface area contributed by atoms with E-state index in [0.717, 1.165) is 11.3 Å². The second kappa shape index (κ2) is 7.39. The van der Waals surface area contributed by atoms with Gasteiger partial charge in [-0.1, -0.05) is 48.5 Å². The van der Waals surface area contributed by atoms with Gasteiger partial charge in [0.1, 0.15) is 6.04 Å². The summed E-state index contributed by atoms with van der Waals surface area (Å²) in [4.78, 5) is 38.7. The topological polar surface area (TPSA) is 78.5 Å². The number of hydrogen-bond acceptors (Lipinski definition) is 3. The van der Waals surface area contributed by atoms with Gasteiger partial charge < -0.3 is 15.5 Å². The molecule has 0 aliphatic carbocycles. The number of amides is 3. The lowest BCUT2D eigenvalue weighted by Crippen LogP contribution is -2.45. The van der Waals surface area contributed by atoms with Crippen LogP contribution in [0.15, 0.2) is 54.6 Å². The number of nitrogens with one attached hydrogen (secondary N) is 2. The van der Waals surface area contributed by atoms with Crippen molar-refractivity contribution in [1.82, 2.24) is 10.6 Å². The molecule has 134 valence electrons. The van der Waals surface area contributed by atoms with Gasteiger partial charge in [0, 0.05) is 23.8 Å². The molecule has 0 bridgehead atoms. The normalized spacial score (nSPS) is 15.7. The number of carbonyl (C=O) groups is 3. The summed E-state index contributed by atoms with van der Waals surface area (Å²) in [7, 11) is 0. The molecular weight excluding hydrogens is 330 g/mol. The largest absolute Gasteiger partial charge is 0.344 e. The summed E-state index contributed by atoms with van der Waals surface area (Å²) in [6, 6.07) is 15.7. The first kappa shape index (κ1) is 17.7. The van der Waals surface area contributed by atoms with Crippen LogP contribution in [0.3, 0.4) is 0 Å². The third-order valence-corrected chi connectivity index (χ3v) is 4.29. The molecule has 0 saturated carbocycles. The van der Waals surface area contributed by atoms with Crippen LogP contribution in [-0.4, -0.2) is 23.8 Å². The Balaban J connectivity index is 1.69. The minimum absolute atomic E-state index is 0.0440. The maximum absolute atomic E-state index is 12.7. The molecule has 0 aromatic heterocycles. The maximum Gasteiger partial charge on any atom is 0.310 e. The molecule has 3 amide bonds. The zero-order valence-electron chi connectivity index (χ0n) is 14.7. The van der Waals surface area contributed by atoms with Gasteiger partial charge >= 0.3 is 11.8 Å². The average Bonchev–Trinajstić information content (AvgIpc) is 2.92. The lowest BCUT2D eigenvalue weighted by Gasteiger charge is -2.22. The molecule has 1 aliphatic rings. The van der Waals surface area contributed by atoms with Gasteiger partial charge in [-0.15, -0.1) is 0 Å². The average molecular weight is 351 g/mol. The van der Waals surface area contributed by atoms with Crippen LogP contribution in [0, 0.1) is 0 Å². The smallest absolute Gasteiger partial charge is 0.310 e. The molecule has 1 aliphatic heterocycles. The summed E-state index contributed by atoms with van der Waals surface area (Å²) in [6.45, 7) is 4.07. The summed E-state index contributed by atoms with van der Waals surface area (Å²) in [5.74, 6) is -1.81. The number of rotatable bonds is 4. The highest BCUT2D eigenvalue weighted by atomic mass is 16.2. The first-order chi connectivity index (χ1) is 12.5. The number of anilines is 1. The van der Waals surface area contributed by atoms with Crippen molar-refractivity contribution in [1.29, 1.82) is 0 Å². The number of benzene rings is 2. The third kappa shape index (κ3) is 3.44. The van der Waals surface area contributed by atoms with Crippen LogP contribution in [0.4, 0.5) is 5.69 Å². The van der Waals surface area contributed by atoms with E-state index in [1.807, 2.05) is 62.4 Å². The van der Waals surface area contributed by atoms with Crippen molar-refractivity contribution in [2.45, 2.75) is 32.5 Å². The molecule has 0 radical (unpaired) electrons. The Morgan fingerprint density at radius 1 is 1.00 bits per heavy atom. The fraction of sp³-hybridized carbons (Fsp3) is 0.250. The SMILES string of the molecule is CC(C)N1C(=O)[C@H](NC(=O)C(=O)NCc2ccccc2)c2ccccc21. The quantitative estimate of drug-likeness (QED) is 0.826. The Kier molecular flexibility index (Phi) is 5.02. The highest BCUT2D eigenvalue weighted by Gasteiger charge is 2.39. The van der Waals surface area contributed by atoms with Crippen molar-refractivity contribution in [3.8, 4) is 0 Å². The highest BCUT2D eigenvalue weighted by molar-refractivity contribution is 6.35. The molecule has 0 fully saturated rings. The molecule has 2 aromatic rings. The van der Waals surface area contributed by atoms with Gasteiger partial charge in [-0.05, 0) is 25.5 Å². The van der Waals surface area contributed by atoms with Crippen LogP contribution in [0.5, 0.6) is 0 Å². The van der Waals surface area contributed by atoms with Crippen LogP contribution in [-0.2, 0) is 20.9 Å². The van der Waals surface area contributed by atoms with Gasteiger partial charge in [-0.2, -0.15) is 0 Å². The number of nitrogens with zero attached hydrogens (tertiary/aromatic N) is 1. The lowest BCUT2D eigenvalue weighted by molar-refractivity contribution is -0.140. The summed E-state index contributed by atoms with van der Waals surface area (Å²) >= 11 is 0. The van der Waals surface area contributed by atoms with Crippen molar-refractivity contribution < 1.29 is 14.4 Å². The van der Waals surface area contributed by atoms with Crippen molar-refractivity contribution in [3.05, 3.63) is 65.7 Å². The van der Waals surface area contributed by atoms with Gasteiger partial charge in [0.25, 0.3) is 5.91 Å². The summed E-state index contributed by atoms with van der Waals surface area (Å²) in [5, 5.41) is 5.13. The first-order valence-corrected chi connectivity index (χ1v) is 8.53. The molecule has 2 N–H and O–H groups in total. The fourth-order valence-electron chi connectivity index (χ4n) is 3.07. The Bertz CT molecular complexity index is 833. The van der Waals surface area contributed by atoms with E-state index in [1.165, 1.54) is 0 Å². The second-order valence-corrected chi connectivity index (χ2v) is 6.44. The Labute approximate surface area is 152 Å². The number of carbonyl (C=O) groups excluding carboxylic acids is 3. The Hall–Kier alpha value is -3.15. The molecule has 6 nitrogen and oxygen atoms in total. The van der Waals surface area contributed by atoms with E-state index in [1.54, 1.807) is 11.0 Å². The van der Waals surface area contributed by atoms with Gasteiger partial charge in [0.05, 0.1) is 0 Å². The molecule has 6 heteroatoms. The van der Waals surface area contributed by atoms with Gasteiger partial charge in [-0.25, -0.2) is 0 Å². The standard InChI is InChI=1S/C20H21N3O3/c1-13(2)23-16-11-7-6-10-15(16)17(20(23)26)22-19(25)18(24)21-12-14-8-4-3-5-9-14/h3-11,13,17H,12H2,1-2H3,(H,21,24)(H,22,25)/t17-/m1/s1. The van der Waals surface area contributed by atoms with Crippen LogP contribution in [0.1, 0.15) is 31.0 Å². The number of para-hydroxylation sites is 1. The molecule has 0 spiro atoms. The van der Waals surface area contributed by atoms with E-state index in [4.69, 9.17) is 0 Å².